The van der Waals surface area contributed by atoms with Crippen molar-refractivity contribution in [3.8, 4) is 0 Å². The Morgan fingerprint density at radius 1 is 1.30 bits per heavy atom. The van der Waals surface area contributed by atoms with E-state index in [1.165, 1.54) is 5.56 Å². The van der Waals surface area contributed by atoms with Gasteiger partial charge in [0.25, 0.3) is 0 Å². The highest BCUT2D eigenvalue weighted by molar-refractivity contribution is 5.74. The number of aromatic nitrogens is 2. The molecule has 20 heavy (non-hydrogen) atoms. The van der Waals surface area contributed by atoms with Gasteiger partial charge in [-0.15, -0.1) is 0 Å². The summed E-state index contributed by atoms with van der Waals surface area (Å²) in [6.45, 7) is 2.16. The number of fused-ring (bicyclic) bond motifs is 1. The number of carbonyl (C=O) groups is 1. The highest BCUT2D eigenvalue weighted by Gasteiger charge is 2.30. The van der Waals surface area contributed by atoms with E-state index < -0.39 is 12.0 Å². The molecule has 3 rings (SSSR count). The molecule has 0 fully saturated rings. The van der Waals surface area contributed by atoms with Crippen molar-refractivity contribution in [2.75, 3.05) is 6.54 Å². The third-order valence-corrected chi connectivity index (χ3v) is 3.84. The fraction of sp³-hybridized carbons (Fsp3) is 0.333. The lowest BCUT2D eigenvalue weighted by Gasteiger charge is -2.34. The van der Waals surface area contributed by atoms with E-state index in [0.29, 0.717) is 19.5 Å². The number of rotatable bonds is 4. The molecule has 1 N–H and O–H groups in total. The summed E-state index contributed by atoms with van der Waals surface area (Å²) in [6, 6.07) is 7.65. The maximum Gasteiger partial charge on any atom is 0.321 e. The van der Waals surface area contributed by atoms with Gasteiger partial charge in [-0.25, -0.2) is 4.98 Å². The monoisotopic (exact) mass is 271 g/mol. The van der Waals surface area contributed by atoms with Gasteiger partial charge in [0.1, 0.15) is 6.04 Å². The van der Waals surface area contributed by atoms with E-state index in [1.54, 1.807) is 12.5 Å². The fourth-order valence-electron chi connectivity index (χ4n) is 2.72. The first-order chi connectivity index (χ1) is 9.74. The molecular formula is C15H17N3O2. The van der Waals surface area contributed by atoms with E-state index in [-0.39, 0.29) is 0 Å². The van der Waals surface area contributed by atoms with Crippen LogP contribution in [-0.4, -0.2) is 38.1 Å². The quantitative estimate of drug-likeness (QED) is 0.913. The molecule has 0 radical (unpaired) electrons. The van der Waals surface area contributed by atoms with E-state index in [4.69, 9.17) is 0 Å². The summed E-state index contributed by atoms with van der Waals surface area (Å²) in [6.07, 6.45) is 5.97. The van der Waals surface area contributed by atoms with Gasteiger partial charge in [0.2, 0.25) is 0 Å². The SMILES string of the molecule is O=C(O)C1Cc2ccccc2CN1CCn1ccnc1. The van der Waals surface area contributed by atoms with Gasteiger partial charge in [0.15, 0.2) is 0 Å². The highest BCUT2D eigenvalue weighted by Crippen LogP contribution is 2.23. The first kappa shape index (κ1) is 12.9. The molecule has 0 saturated heterocycles. The van der Waals surface area contributed by atoms with Gasteiger partial charge in [-0.05, 0) is 17.5 Å². The van der Waals surface area contributed by atoms with Crippen LogP contribution < -0.4 is 0 Å². The molecule has 0 spiro atoms. The van der Waals surface area contributed by atoms with Crippen molar-refractivity contribution >= 4 is 5.97 Å². The van der Waals surface area contributed by atoms with Crippen LogP contribution in [0.25, 0.3) is 0 Å². The molecule has 104 valence electrons. The summed E-state index contributed by atoms with van der Waals surface area (Å²) in [5.74, 6) is -0.745. The average molecular weight is 271 g/mol. The molecular weight excluding hydrogens is 254 g/mol. The first-order valence-electron chi connectivity index (χ1n) is 6.73. The van der Waals surface area contributed by atoms with Crippen molar-refractivity contribution in [2.24, 2.45) is 0 Å². The first-order valence-corrected chi connectivity index (χ1v) is 6.73. The molecule has 1 aliphatic rings. The number of nitrogens with zero attached hydrogens (tertiary/aromatic N) is 3. The number of hydrogen-bond donors (Lipinski definition) is 1. The van der Waals surface area contributed by atoms with Crippen LogP contribution in [0.2, 0.25) is 0 Å². The van der Waals surface area contributed by atoms with Gasteiger partial charge in [-0.1, -0.05) is 24.3 Å². The van der Waals surface area contributed by atoms with Crippen molar-refractivity contribution in [2.45, 2.75) is 25.6 Å². The Kier molecular flexibility index (Phi) is 3.52. The lowest BCUT2D eigenvalue weighted by Crippen LogP contribution is -2.46. The minimum absolute atomic E-state index is 0.437. The van der Waals surface area contributed by atoms with Crippen LogP contribution in [0.5, 0.6) is 0 Å². The van der Waals surface area contributed by atoms with Gasteiger partial charge in [0.05, 0.1) is 6.33 Å². The lowest BCUT2D eigenvalue weighted by molar-refractivity contribution is -0.144. The number of carboxylic acids is 1. The number of hydrogen-bond acceptors (Lipinski definition) is 3. The molecule has 0 aliphatic carbocycles. The van der Waals surface area contributed by atoms with Crippen LogP contribution >= 0.6 is 0 Å². The second-order valence-electron chi connectivity index (χ2n) is 5.10. The summed E-state index contributed by atoms with van der Waals surface area (Å²) in [4.78, 5) is 17.5. The molecule has 1 atom stereocenters. The van der Waals surface area contributed by atoms with Gasteiger partial charge >= 0.3 is 5.97 Å². The molecule has 0 saturated carbocycles. The molecule has 1 aromatic carbocycles. The predicted molar refractivity (Wildman–Crippen MR) is 74.2 cm³/mol. The molecule has 0 amide bonds. The van der Waals surface area contributed by atoms with Crippen LogP contribution in [0.3, 0.4) is 0 Å². The summed E-state index contributed by atoms with van der Waals surface area (Å²) in [7, 11) is 0. The van der Waals surface area contributed by atoms with Crippen LogP contribution in [0.15, 0.2) is 43.0 Å². The summed E-state index contributed by atoms with van der Waals surface area (Å²) in [5, 5.41) is 9.43. The van der Waals surface area contributed by atoms with Crippen molar-refractivity contribution in [1.29, 1.82) is 0 Å². The van der Waals surface area contributed by atoms with Gasteiger partial charge < -0.3 is 9.67 Å². The van der Waals surface area contributed by atoms with E-state index in [0.717, 1.165) is 12.1 Å². The molecule has 2 heterocycles. The van der Waals surface area contributed by atoms with Crippen molar-refractivity contribution in [3.05, 3.63) is 54.1 Å². The Bertz CT molecular complexity index is 595. The largest absolute Gasteiger partial charge is 0.480 e. The normalized spacial score (nSPS) is 18.7. The standard InChI is InChI=1S/C15H17N3O2/c19-15(20)14-9-12-3-1-2-4-13(12)10-18(14)8-7-17-6-5-16-11-17/h1-6,11,14H,7-10H2,(H,19,20). The average Bonchev–Trinajstić information content (AvgIpc) is 2.97. The van der Waals surface area contributed by atoms with Crippen molar-refractivity contribution < 1.29 is 9.90 Å². The van der Waals surface area contributed by atoms with Crippen LogP contribution in [-0.2, 0) is 24.3 Å². The minimum atomic E-state index is -0.745. The van der Waals surface area contributed by atoms with Crippen molar-refractivity contribution in [1.82, 2.24) is 14.5 Å². The zero-order valence-corrected chi connectivity index (χ0v) is 11.1. The summed E-state index contributed by atoms with van der Waals surface area (Å²) in [5.41, 5.74) is 2.38. The van der Waals surface area contributed by atoms with Gasteiger partial charge in [0, 0.05) is 32.0 Å². The zero-order chi connectivity index (χ0) is 13.9. The van der Waals surface area contributed by atoms with E-state index >= 15 is 0 Å². The van der Waals surface area contributed by atoms with E-state index in [1.807, 2.05) is 33.9 Å². The minimum Gasteiger partial charge on any atom is -0.480 e. The second-order valence-corrected chi connectivity index (χ2v) is 5.10. The summed E-state index contributed by atoms with van der Waals surface area (Å²) >= 11 is 0. The molecule has 5 nitrogen and oxygen atoms in total. The Labute approximate surface area is 117 Å². The third kappa shape index (κ3) is 2.58. The van der Waals surface area contributed by atoms with Gasteiger partial charge in [-0.3, -0.25) is 9.69 Å². The number of aliphatic carboxylic acids is 1. The zero-order valence-electron chi connectivity index (χ0n) is 11.1. The van der Waals surface area contributed by atoms with Crippen molar-refractivity contribution in [3.63, 3.8) is 0 Å². The Morgan fingerprint density at radius 3 is 2.80 bits per heavy atom. The van der Waals surface area contributed by atoms with Gasteiger partial charge in [-0.2, -0.15) is 0 Å². The highest BCUT2D eigenvalue weighted by atomic mass is 16.4. The Balaban J connectivity index is 1.76. The molecule has 5 heteroatoms. The van der Waals surface area contributed by atoms with E-state index in [2.05, 4.69) is 11.1 Å². The third-order valence-electron chi connectivity index (χ3n) is 3.84. The Morgan fingerprint density at radius 2 is 2.10 bits per heavy atom. The number of carboxylic acid groups (broad SMARTS) is 1. The van der Waals surface area contributed by atoms with Crippen LogP contribution in [0.1, 0.15) is 11.1 Å². The smallest absolute Gasteiger partial charge is 0.321 e. The molecule has 2 aromatic rings. The molecule has 0 bridgehead atoms. The molecule has 1 aromatic heterocycles. The second kappa shape index (κ2) is 5.46. The maximum atomic E-state index is 11.5. The molecule has 1 unspecified atom stereocenters. The maximum absolute atomic E-state index is 11.5. The Hall–Kier alpha value is -2.14. The van der Waals surface area contributed by atoms with Crippen LogP contribution in [0.4, 0.5) is 0 Å². The number of imidazole rings is 1. The molecule has 1 aliphatic heterocycles. The predicted octanol–water partition coefficient (Wildman–Crippen LogP) is 1.39. The topological polar surface area (TPSA) is 58.4 Å². The fourth-order valence-corrected chi connectivity index (χ4v) is 2.72. The number of benzene rings is 1. The summed E-state index contributed by atoms with van der Waals surface area (Å²) < 4.78 is 1.97. The van der Waals surface area contributed by atoms with E-state index in [9.17, 15) is 9.90 Å². The lowest BCUT2D eigenvalue weighted by atomic mass is 9.94. The van der Waals surface area contributed by atoms with Crippen LogP contribution in [0, 0.1) is 0 Å².